The van der Waals surface area contributed by atoms with Gasteiger partial charge in [0.25, 0.3) is 0 Å². The average molecular weight is 408 g/mol. The third-order valence-corrected chi connectivity index (χ3v) is 6.46. The van der Waals surface area contributed by atoms with Crippen LogP contribution in [0.4, 0.5) is 0 Å². The highest BCUT2D eigenvalue weighted by molar-refractivity contribution is 7.99. The molecule has 1 aliphatic rings. The summed E-state index contributed by atoms with van der Waals surface area (Å²) in [6, 6.07) is 12.1. The maximum absolute atomic E-state index is 12.3. The second kappa shape index (κ2) is 9.16. The van der Waals surface area contributed by atoms with E-state index in [1.807, 2.05) is 25.1 Å². The minimum atomic E-state index is 0.0132. The van der Waals surface area contributed by atoms with E-state index in [1.54, 1.807) is 0 Å². The van der Waals surface area contributed by atoms with Crippen molar-refractivity contribution < 1.29 is 4.79 Å². The Labute approximate surface area is 169 Å². The number of hydrogen-bond acceptors (Lipinski definition) is 2. The minimum Gasteiger partial charge on any atom is -0.349 e. The number of amides is 1. The molecule has 1 atom stereocenters. The lowest BCUT2D eigenvalue weighted by molar-refractivity contribution is -0.119. The smallest absolute Gasteiger partial charge is 0.230 e. The molecule has 2 aromatic carbocycles. The number of carbonyl (C=O) groups is 1. The number of thioether (sulfide) groups is 1. The van der Waals surface area contributed by atoms with Crippen LogP contribution >= 0.6 is 35.0 Å². The number of fused-ring (bicyclic) bond motifs is 1. The fourth-order valence-electron chi connectivity index (χ4n) is 3.31. The number of rotatable bonds is 6. The molecule has 0 heterocycles. The molecule has 0 fully saturated rings. The second-order valence-corrected chi connectivity index (χ2v) is 8.52. The van der Waals surface area contributed by atoms with Gasteiger partial charge in [-0.25, -0.2) is 0 Å². The normalized spacial score (nSPS) is 14.6. The van der Waals surface area contributed by atoms with Crippen LogP contribution in [-0.2, 0) is 23.4 Å². The van der Waals surface area contributed by atoms with Crippen molar-refractivity contribution in [2.75, 3.05) is 5.75 Å². The molecule has 0 saturated carbocycles. The van der Waals surface area contributed by atoms with E-state index in [4.69, 9.17) is 23.2 Å². The first kappa shape index (κ1) is 19.6. The molecule has 0 bridgehead atoms. The van der Waals surface area contributed by atoms with Gasteiger partial charge in [0, 0.05) is 15.8 Å². The van der Waals surface area contributed by atoms with Crippen molar-refractivity contribution in [3.05, 3.63) is 68.7 Å². The third-order valence-electron chi connectivity index (χ3n) is 4.79. The highest BCUT2D eigenvalue weighted by Crippen LogP contribution is 2.28. The Bertz CT molecular complexity index is 773. The van der Waals surface area contributed by atoms with Crippen LogP contribution in [0.25, 0.3) is 0 Å². The minimum absolute atomic E-state index is 0.0132. The average Bonchev–Trinajstić information content (AvgIpc) is 2.63. The van der Waals surface area contributed by atoms with E-state index in [-0.39, 0.29) is 11.9 Å². The highest BCUT2D eigenvalue weighted by Gasteiger charge is 2.14. The van der Waals surface area contributed by atoms with Gasteiger partial charge in [-0.3, -0.25) is 4.79 Å². The first-order valence-electron chi connectivity index (χ1n) is 8.96. The topological polar surface area (TPSA) is 29.1 Å². The molecular weight excluding hydrogens is 385 g/mol. The molecule has 1 aliphatic carbocycles. The summed E-state index contributed by atoms with van der Waals surface area (Å²) < 4.78 is 0. The zero-order valence-corrected chi connectivity index (χ0v) is 17.2. The Morgan fingerprint density at radius 2 is 1.81 bits per heavy atom. The van der Waals surface area contributed by atoms with Crippen LogP contribution in [0.1, 0.15) is 48.1 Å². The summed E-state index contributed by atoms with van der Waals surface area (Å²) in [5.74, 6) is 1.04. The summed E-state index contributed by atoms with van der Waals surface area (Å²) in [5.41, 5.74) is 4.97. The van der Waals surface area contributed by atoms with Gasteiger partial charge >= 0.3 is 0 Å². The van der Waals surface area contributed by atoms with Crippen LogP contribution in [0.5, 0.6) is 0 Å². The second-order valence-electron chi connectivity index (χ2n) is 6.72. The van der Waals surface area contributed by atoms with Gasteiger partial charge in [0.15, 0.2) is 0 Å². The fourth-order valence-corrected chi connectivity index (χ4v) is 4.88. The van der Waals surface area contributed by atoms with Crippen LogP contribution in [-0.4, -0.2) is 11.7 Å². The van der Waals surface area contributed by atoms with E-state index >= 15 is 0 Å². The quantitative estimate of drug-likeness (QED) is 0.637. The lowest BCUT2D eigenvalue weighted by Gasteiger charge is -2.20. The van der Waals surface area contributed by atoms with E-state index in [0.29, 0.717) is 21.6 Å². The van der Waals surface area contributed by atoms with Gasteiger partial charge < -0.3 is 5.32 Å². The van der Waals surface area contributed by atoms with Gasteiger partial charge in [-0.2, -0.15) is 0 Å². The van der Waals surface area contributed by atoms with Crippen molar-refractivity contribution in [2.45, 2.75) is 44.4 Å². The van der Waals surface area contributed by atoms with Gasteiger partial charge in [0.05, 0.1) is 11.8 Å². The predicted molar refractivity (Wildman–Crippen MR) is 112 cm³/mol. The number of benzene rings is 2. The van der Waals surface area contributed by atoms with Crippen LogP contribution in [0.2, 0.25) is 10.0 Å². The Kier molecular flexibility index (Phi) is 6.91. The number of halogens is 2. The van der Waals surface area contributed by atoms with Crippen molar-refractivity contribution in [1.29, 1.82) is 0 Å². The fraction of sp³-hybridized carbons (Fsp3) is 0.381. The summed E-state index contributed by atoms with van der Waals surface area (Å²) in [4.78, 5) is 12.3. The molecule has 138 valence electrons. The molecule has 0 saturated heterocycles. The summed E-state index contributed by atoms with van der Waals surface area (Å²) >= 11 is 13.9. The van der Waals surface area contributed by atoms with E-state index in [9.17, 15) is 4.79 Å². The predicted octanol–water partition coefficient (Wildman–Crippen LogP) is 5.98. The molecule has 0 unspecified atom stereocenters. The zero-order valence-electron chi connectivity index (χ0n) is 14.9. The first-order chi connectivity index (χ1) is 12.5. The van der Waals surface area contributed by atoms with Crippen molar-refractivity contribution in [3.63, 3.8) is 0 Å². The Hall–Kier alpha value is -1.16. The van der Waals surface area contributed by atoms with E-state index in [1.165, 1.54) is 47.7 Å². The third kappa shape index (κ3) is 4.97. The standard InChI is InChI=1S/C21H23Cl2NOS/c1-14(16-10-9-15-5-2-3-6-17(15)11-16)24-21(25)13-26-12-18-19(22)7-4-8-20(18)23/h4,7-11,14H,2-3,5-6,12-13H2,1H3,(H,24,25)/t14-/m0/s1. The first-order valence-corrected chi connectivity index (χ1v) is 10.9. The molecule has 1 amide bonds. The van der Waals surface area contributed by atoms with Crippen LogP contribution in [0.15, 0.2) is 36.4 Å². The molecule has 0 spiro atoms. The molecule has 0 aliphatic heterocycles. The number of carbonyl (C=O) groups excluding carboxylic acids is 1. The van der Waals surface area contributed by atoms with Crippen molar-refractivity contribution in [2.24, 2.45) is 0 Å². The molecule has 2 nitrogen and oxygen atoms in total. The molecule has 0 aromatic heterocycles. The van der Waals surface area contributed by atoms with Crippen molar-refractivity contribution in [1.82, 2.24) is 5.32 Å². The van der Waals surface area contributed by atoms with Gasteiger partial charge in [0.1, 0.15) is 0 Å². The molecule has 1 N–H and O–H groups in total. The van der Waals surface area contributed by atoms with Crippen molar-refractivity contribution in [3.8, 4) is 0 Å². The summed E-state index contributed by atoms with van der Waals surface area (Å²) in [6.45, 7) is 2.04. The molecular formula is C21H23Cl2NOS. The van der Waals surface area contributed by atoms with Crippen molar-refractivity contribution >= 4 is 40.9 Å². The van der Waals surface area contributed by atoms with E-state index in [0.717, 1.165) is 12.0 Å². The van der Waals surface area contributed by atoms with Crippen LogP contribution < -0.4 is 5.32 Å². The molecule has 0 radical (unpaired) electrons. The SMILES string of the molecule is C[C@H](NC(=O)CSCc1c(Cl)cccc1Cl)c1ccc2c(c1)CCCC2. The lowest BCUT2D eigenvalue weighted by Crippen LogP contribution is -2.28. The largest absolute Gasteiger partial charge is 0.349 e. The molecule has 2 aromatic rings. The number of nitrogens with one attached hydrogen (secondary N) is 1. The zero-order chi connectivity index (χ0) is 18.5. The van der Waals surface area contributed by atoms with E-state index < -0.39 is 0 Å². The van der Waals surface area contributed by atoms with Gasteiger partial charge in [-0.05, 0) is 67.0 Å². The number of hydrogen-bond donors (Lipinski definition) is 1. The Balaban J connectivity index is 1.51. The molecule has 26 heavy (non-hydrogen) atoms. The monoisotopic (exact) mass is 407 g/mol. The maximum atomic E-state index is 12.3. The Morgan fingerprint density at radius 3 is 2.54 bits per heavy atom. The van der Waals surface area contributed by atoms with E-state index in [2.05, 4.69) is 23.5 Å². The maximum Gasteiger partial charge on any atom is 0.230 e. The van der Waals surface area contributed by atoms with Gasteiger partial charge in [-0.15, -0.1) is 11.8 Å². The lowest BCUT2D eigenvalue weighted by atomic mass is 9.89. The summed E-state index contributed by atoms with van der Waals surface area (Å²) in [5, 5.41) is 4.39. The number of aryl methyl sites for hydroxylation is 2. The highest BCUT2D eigenvalue weighted by atomic mass is 35.5. The van der Waals surface area contributed by atoms with Gasteiger partial charge in [0.2, 0.25) is 5.91 Å². The molecule has 3 rings (SSSR count). The Morgan fingerprint density at radius 1 is 1.12 bits per heavy atom. The molecule has 5 heteroatoms. The summed E-state index contributed by atoms with van der Waals surface area (Å²) in [7, 11) is 0. The van der Waals surface area contributed by atoms with Crippen LogP contribution in [0.3, 0.4) is 0 Å². The summed E-state index contributed by atoms with van der Waals surface area (Å²) in [6.07, 6.45) is 4.87. The van der Waals surface area contributed by atoms with Crippen LogP contribution in [0, 0.1) is 0 Å². The van der Waals surface area contributed by atoms with Gasteiger partial charge in [-0.1, -0.05) is 47.5 Å².